The Bertz CT molecular complexity index is 931. The first-order valence-electron chi connectivity index (χ1n) is 8.37. The summed E-state index contributed by atoms with van der Waals surface area (Å²) in [5.41, 5.74) is 11.2. The molecule has 0 fully saturated rings. The molecule has 1 heterocycles. The van der Waals surface area contributed by atoms with E-state index in [1.54, 1.807) is 6.07 Å². The Morgan fingerprint density at radius 1 is 1.20 bits per heavy atom. The molecule has 0 bridgehead atoms. The number of H-pyrrole nitrogens is 1. The molecule has 130 valence electrons. The monoisotopic (exact) mass is 448 g/mol. The number of benzene rings is 2. The van der Waals surface area contributed by atoms with E-state index in [0.29, 0.717) is 12.1 Å². The molecule has 0 aliphatic carbocycles. The first-order valence-corrected chi connectivity index (χ1v) is 9.45. The molecule has 4 N–H and O–H groups in total. The zero-order valence-electron chi connectivity index (χ0n) is 14.1. The number of carbonyl (C=O) groups is 1. The minimum absolute atomic E-state index is 0.358. The maximum atomic E-state index is 11.8. The predicted octanol–water partition coefficient (Wildman–Crippen LogP) is 4.73. The van der Waals surface area contributed by atoms with E-state index in [9.17, 15) is 9.90 Å². The number of aromatic carboxylic acids is 1. The van der Waals surface area contributed by atoms with Crippen molar-refractivity contribution >= 4 is 39.5 Å². The number of aromatic amines is 1. The van der Waals surface area contributed by atoms with Crippen molar-refractivity contribution < 1.29 is 9.90 Å². The summed E-state index contributed by atoms with van der Waals surface area (Å²) in [4.78, 5) is 15.3. The van der Waals surface area contributed by atoms with Crippen molar-refractivity contribution in [3.63, 3.8) is 0 Å². The SMILES string of the molecule is Cc1ccc(C(=O)O)c2c(CCCCN)c(-c3ccccc3I)[nH]c12. The van der Waals surface area contributed by atoms with Crippen LogP contribution in [0.1, 0.15) is 34.3 Å². The fourth-order valence-electron chi connectivity index (χ4n) is 3.27. The van der Waals surface area contributed by atoms with Crippen LogP contribution in [-0.2, 0) is 6.42 Å². The highest BCUT2D eigenvalue weighted by molar-refractivity contribution is 14.1. The third-order valence-electron chi connectivity index (χ3n) is 4.52. The average molecular weight is 448 g/mol. The van der Waals surface area contributed by atoms with Crippen LogP contribution in [0.4, 0.5) is 0 Å². The molecule has 0 atom stereocenters. The highest BCUT2D eigenvalue weighted by Crippen LogP contribution is 2.36. The maximum absolute atomic E-state index is 11.8. The summed E-state index contributed by atoms with van der Waals surface area (Å²) >= 11 is 2.32. The van der Waals surface area contributed by atoms with E-state index >= 15 is 0 Å². The van der Waals surface area contributed by atoms with Gasteiger partial charge in [0.2, 0.25) is 0 Å². The highest BCUT2D eigenvalue weighted by atomic mass is 127. The zero-order valence-corrected chi connectivity index (χ0v) is 16.3. The molecular formula is C20H21IN2O2. The number of hydrogen-bond acceptors (Lipinski definition) is 2. The Morgan fingerprint density at radius 3 is 2.64 bits per heavy atom. The van der Waals surface area contributed by atoms with E-state index in [1.165, 1.54) is 0 Å². The Labute approximate surface area is 160 Å². The molecule has 0 aliphatic rings. The summed E-state index contributed by atoms with van der Waals surface area (Å²) < 4.78 is 1.14. The molecule has 25 heavy (non-hydrogen) atoms. The molecule has 0 saturated carbocycles. The molecule has 0 radical (unpaired) electrons. The number of unbranched alkanes of at least 4 members (excludes halogenated alkanes) is 1. The van der Waals surface area contributed by atoms with Gasteiger partial charge in [-0.05, 0) is 78.6 Å². The molecular weight excluding hydrogens is 427 g/mol. The number of aryl methyl sites for hydroxylation is 2. The zero-order chi connectivity index (χ0) is 18.0. The van der Waals surface area contributed by atoms with Crippen LogP contribution in [0.2, 0.25) is 0 Å². The van der Waals surface area contributed by atoms with Crippen molar-refractivity contribution in [2.75, 3.05) is 6.54 Å². The Hall–Kier alpha value is -1.86. The second kappa shape index (κ2) is 7.58. The van der Waals surface area contributed by atoms with Gasteiger partial charge in [-0.3, -0.25) is 0 Å². The number of halogens is 1. The lowest BCUT2D eigenvalue weighted by atomic mass is 9.96. The van der Waals surface area contributed by atoms with Gasteiger partial charge in [0.05, 0.1) is 11.3 Å². The first kappa shape index (κ1) is 17.9. The van der Waals surface area contributed by atoms with Gasteiger partial charge in [-0.25, -0.2) is 4.79 Å². The van der Waals surface area contributed by atoms with E-state index in [0.717, 1.165) is 56.1 Å². The van der Waals surface area contributed by atoms with Gasteiger partial charge in [0.1, 0.15) is 0 Å². The van der Waals surface area contributed by atoms with E-state index in [1.807, 2.05) is 25.1 Å². The van der Waals surface area contributed by atoms with Crippen molar-refractivity contribution in [2.45, 2.75) is 26.2 Å². The third-order valence-corrected chi connectivity index (χ3v) is 5.46. The Morgan fingerprint density at radius 2 is 1.96 bits per heavy atom. The number of hydrogen-bond donors (Lipinski definition) is 3. The molecule has 5 heteroatoms. The van der Waals surface area contributed by atoms with Gasteiger partial charge in [-0.1, -0.05) is 24.3 Å². The quantitative estimate of drug-likeness (QED) is 0.377. The fraction of sp³-hybridized carbons (Fsp3) is 0.250. The minimum atomic E-state index is -0.890. The molecule has 3 rings (SSSR count). The number of nitrogens with one attached hydrogen (secondary N) is 1. The van der Waals surface area contributed by atoms with Crippen molar-refractivity contribution in [3.8, 4) is 11.3 Å². The van der Waals surface area contributed by atoms with Gasteiger partial charge in [-0.15, -0.1) is 0 Å². The number of aromatic nitrogens is 1. The summed E-state index contributed by atoms with van der Waals surface area (Å²) in [7, 11) is 0. The molecule has 0 amide bonds. The Kier molecular flexibility index (Phi) is 5.44. The van der Waals surface area contributed by atoms with Crippen LogP contribution < -0.4 is 5.73 Å². The van der Waals surface area contributed by atoms with Gasteiger partial charge in [-0.2, -0.15) is 0 Å². The van der Waals surface area contributed by atoms with Crippen LogP contribution in [0.5, 0.6) is 0 Å². The summed E-state index contributed by atoms with van der Waals surface area (Å²) in [6, 6.07) is 11.7. The number of carboxylic acid groups (broad SMARTS) is 1. The third kappa shape index (κ3) is 3.43. The Balaban J connectivity index is 2.30. The lowest BCUT2D eigenvalue weighted by Gasteiger charge is -2.08. The fourth-order valence-corrected chi connectivity index (χ4v) is 3.93. The standard InChI is InChI=1S/C20H21IN2O2/c1-12-9-10-15(20(24)25)17-14(7-4-5-11-22)19(23-18(12)17)13-6-2-3-8-16(13)21/h2-3,6,8-10,23H,4-5,7,11,22H2,1H3,(H,24,25). The van der Waals surface area contributed by atoms with Gasteiger partial charge >= 0.3 is 5.97 Å². The van der Waals surface area contributed by atoms with Crippen LogP contribution in [0.25, 0.3) is 22.2 Å². The van der Waals surface area contributed by atoms with Gasteiger partial charge in [0.15, 0.2) is 0 Å². The van der Waals surface area contributed by atoms with E-state index in [2.05, 4.69) is 39.7 Å². The van der Waals surface area contributed by atoms with E-state index < -0.39 is 5.97 Å². The summed E-state index contributed by atoms with van der Waals surface area (Å²) in [5.74, 6) is -0.890. The number of fused-ring (bicyclic) bond motifs is 1. The molecule has 4 nitrogen and oxygen atoms in total. The molecule has 0 aliphatic heterocycles. The molecule has 0 spiro atoms. The number of rotatable bonds is 6. The molecule has 1 aromatic heterocycles. The summed E-state index contributed by atoms with van der Waals surface area (Å²) in [6.07, 6.45) is 2.67. The topological polar surface area (TPSA) is 79.1 Å². The van der Waals surface area contributed by atoms with Crippen molar-refractivity contribution in [1.82, 2.24) is 4.98 Å². The van der Waals surface area contributed by atoms with E-state index in [-0.39, 0.29) is 0 Å². The summed E-state index contributed by atoms with van der Waals surface area (Å²) in [5, 5.41) is 10.5. The second-order valence-electron chi connectivity index (χ2n) is 6.19. The second-order valence-corrected chi connectivity index (χ2v) is 7.35. The van der Waals surface area contributed by atoms with Gasteiger partial charge in [0, 0.05) is 20.0 Å². The molecule has 0 saturated heterocycles. The highest BCUT2D eigenvalue weighted by Gasteiger charge is 2.21. The lowest BCUT2D eigenvalue weighted by molar-refractivity contribution is 0.0699. The van der Waals surface area contributed by atoms with Gasteiger partial charge < -0.3 is 15.8 Å². The first-order chi connectivity index (χ1) is 12.0. The van der Waals surface area contributed by atoms with Crippen LogP contribution in [-0.4, -0.2) is 22.6 Å². The molecule has 2 aromatic carbocycles. The van der Waals surface area contributed by atoms with E-state index in [4.69, 9.17) is 5.73 Å². The maximum Gasteiger partial charge on any atom is 0.336 e. The molecule has 3 aromatic rings. The molecule has 0 unspecified atom stereocenters. The number of carboxylic acids is 1. The van der Waals surface area contributed by atoms with Crippen molar-refractivity contribution in [2.24, 2.45) is 5.73 Å². The smallest absolute Gasteiger partial charge is 0.336 e. The van der Waals surface area contributed by atoms with Gasteiger partial charge in [0.25, 0.3) is 0 Å². The van der Waals surface area contributed by atoms with Crippen LogP contribution in [0.15, 0.2) is 36.4 Å². The number of nitrogens with two attached hydrogens (primary N) is 1. The predicted molar refractivity (Wildman–Crippen MR) is 110 cm³/mol. The normalized spacial score (nSPS) is 11.2. The van der Waals surface area contributed by atoms with Crippen molar-refractivity contribution in [3.05, 3.63) is 56.7 Å². The van der Waals surface area contributed by atoms with Crippen LogP contribution in [0.3, 0.4) is 0 Å². The summed E-state index contributed by atoms with van der Waals surface area (Å²) in [6.45, 7) is 2.65. The van der Waals surface area contributed by atoms with Crippen LogP contribution in [0, 0.1) is 10.5 Å². The average Bonchev–Trinajstić information content (AvgIpc) is 2.96. The largest absolute Gasteiger partial charge is 0.478 e. The lowest BCUT2D eigenvalue weighted by Crippen LogP contribution is -2.01. The van der Waals surface area contributed by atoms with Crippen LogP contribution >= 0.6 is 22.6 Å². The van der Waals surface area contributed by atoms with Crippen molar-refractivity contribution in [1.29, 1.82) is 0 Å². The minimum Gasteiger partial charge on any atom is -0.478 e.